The maximum Gasteiger partial charge on any atom is 0.228 e. The largest absolute Gasteiger partial charge is 0.355 e. The first-order valence-corrected chi connectivity index (χ1v) is 12.8. The van der Waals surface area contributed by atoms with Crippen LogP contribution in [0, 0.1) is 0 Å². The SMILES string of the molecule is CC(=O)n1c2c(-c3ncc[nH]3)c(-c3cccs3)c1C=c1ccc([nH]1)=Cc1ccc([nH]1)C=c1ccc([nH]1)=C2.[Zn]. The second-order valence-corrected chi connectivity index (χ2v) is 9.92. The zero-order chi connectivity index (χ0) is 24.9. The van der Waals surface area contributed by atoms with E-state index in [0.717, 1.165) is 60.2 Å². The summed E-state index contributed by atoms with van der Waals surface area (Å²) >= 11 is 1.64. The summed E-state index contributed by atoms with van der Waals surface area (Å²) in [5.74, 6) is 0.628. The molecule has 7 nitrogen and oxygen atoms in total. The van der Waals surface area contributed by atoms with Crippen LogP contribution in [-0.4, -0.2) is 35.4 Å². The first-order valence-electron chi connectivity index (χ1n) is 11.9. The van der Waals surface area contributed by atoms with E-state index in [-0.39, 0.29) is 25.4 Å². The molecule has 1 aliphatic rings. The molecule has 0 amide bonds. The molecule has 7 heterocycles. The van der Waals surface area contributed by atoms with Crippen LogP contribution in [0.4, 0.5) is 0 Å². The van der Waals surface area contributed by atoms with Crippen LogP contribution in [0.5, 0.6) is 0 Å². The van der Waals surface area contributed by atoms with E-state index in [9.17, 15) is 4.79 Å². The minimum absolute atomic E-state index is 0. The number of hydrogen-bond donors (Lipinski definition) is 4. The molecule has 0 saturated heterocycles. The Hall–Kier alpha value is -4.20. The van der Waals surface area contributed by atoms with Crippen LogP contribution in [0.25, 0.3) is 46.1 Å². The Morgan fingerprint density at radius 1 is 0.789 bits per heavy atom. The van der Waals surface area contributed by atoms with Crippen molar-refractivity contribution >= 4 is 41.5 Å². The number of fused-ring (bicyclic) bond motifs is 8. The summed E-state index contributed by atoms with van der Waals surface area (Å²) in [6, 6.07) is 16.3. The molecule has 0 atom stereocenters. The van der Waals surface area contributed by atoms with Gasteiger partial charge in [0.05, 0.1) is 17.0 Å². The van der Waals surface area contributed by atoms with E-state index in [1.165, 1.54) is 0 Å². The molecule has 0 radical (unpaired) electrons. The van der Waals surface area contributed by atoms with Gasteiger partial charge in [-0.2, -0.15) is 0 Å². The molecule has 4 N–H and O–H groups in total. The number of carbonyl (C=O) groups is 1. The molecule has 0 spiro atoms. The molecule has 0 aromatic carbocycles. The van der Waals surface area contributed by atoms with E-state index in [0.29, 0.717) is 5.82 Å². The third kappa shape index (κ3) is 4.20. The van der Waals surface area contributed by atoms with Gasteiger partial charge in [-0.1, -0.05) is 6.07 Å². The fourth-order valence-corrected chi connectivity index (χ4v) is 5.74. The number of nitrogens with zero attached hydrogens (tertiary/aromatic N) is 2. The molecule has 0 saturated carbocycles. The Balaban J connectivity index is 0.00000264. The first-order chi connectivity index (χ1) is 18.1. The van der Waals surface area contributed by atoms with Gasteiger partial charge < -0.3 is 19.9 Å². The van der Waals surface area contributed by atoms with Crippen molar-refractivity contribution in [2.45, 2.75) is 6.92 Å². The zero-order valence-corrected chi connectivity index (χ0v) is 24.4. The fraction of sp³-hybridized carbons (Fsp3) is 0.0345. The molecule has 6 aromatic heterocycles. The summed E-state index contributed by atoms with van der Waals surface area (Å²) in [5, 5.41) is 5.75. The summed E-state index contributed by atoms with van der Waals surface area (Å²) in [6.45, 7) is 1.60. The van der Waals surface area contributed by atoms with Crippen LogP contribution >= 0.6 is 11.3 Å². The van der Waals surface area contributed by atoms with Gasteiger partial charge in [0.25, 0.3) is 0 Å². The van der Waals surface area contributed by atoms with Gasteiger partial charge in [-0.05, 0) is 72.1 Å². The zero-order valence-electron chi connectivity index (χ0n) is 20.6. The normalized spacial score (nSPS) is 12.0. The summed E-state index contributed by atoms with van der Waals surface area (Å²) < 4.78 is 1.78. The van der Waals surface area contributed by atoms with E-state index in [1.54, 1.807) is 35.2 Å². The van der Waals surface area contributed by atoms with Crippen molar-refractivity contribution in [3.05, 3.63) is 110 Å². The average molecular weight is 568 g/mol. The maximum atomic E-state index is 13.3. The number of rotatable bonds is 2. The van der Waals surface area contributed by atoms with E-state index in [4.69, 9.17) is 0 Å². The summed E-state index contributed by atoms with van der Waals surface area (Å²) in [7, 11) is 0. The van der Waals surface area contributed by atoms with Gasteiger partial charge >= 0.3 is 0 Å². The smallest absolute Gasteiger partial charge is 0.228 e. The monoisotopic (exact) mass is 566 g/mol. The molecule has 9 heteroatoms. The third-order valence-electron chi connectivity index (χ3n) is 6.46. The number of hydrogen-bond acceptors (Lipinski definition) is 3. The van der Waals surface area contributed by atoms with Crippen molar-refractivity contribution in [2.24, 2.45) is 0 Å². The molecular formula is C29H22N6OSZn. The molecule has 0 fully saturated rings. The van der Waals surface area contributed by atoms with E-state index >= 15 is 0 Å². The molecule has 1 aliphatic heterocycles. The predicted octanol–water partition coefficient (Wildman–Crippen LogP) is 2.88. The maximum absolute atomic E-state index is 13.3. The Morgan fingerprint density at radius 3 is 1.92 bits per heavy atom. The third-order valence-corrected chi connectivity index (χ3v) is 7.35. The van der Waals surface area contributed by atoms with E-state index in [2.05, 4.69) is 55.3 Å². The molecule has 8 bridgehead atoms. The van der Waals surface area contributed by atoms with Crippen molar-refractivity contribution in [2.75, 3.05) is 0 Å². The van der Waals surface area contributed by atoms with Gasteiger partial charge in [0.1, 0.15) is 5.82 Å². The van der Waals surface area contributed by atoms with Gasteiger partial charge in [-0.25, -0.2) is 4.98 Å². The summed E-state index contributed by atoms with van der Waals surface area (Å²) in [5.41, 5.74) is 5.40. The summed E-state index contributed by atoms with van der Waals surface area (Å²) in [6.07, 6.45) is 11.7. The number of aromatic nitrogens is 6. The second-order valence-electron chi connectivity index (χ2n) is 8.97. The van der Waals surface area contributed by atoms with E-state index < -0.39 is 0 Å². The van der Waals surface area contributed by atoms with Gasteiger partial charge in [0.2, 0.25) is 5.91 Å². The Kier molecular flexibility index (Phi) is 6.10. The average Bonchev–Trinajstić information content (AvgIpc) is 3.70. The minimum atomic E-state index is -0.0801. The topological polar surface area (TPSA) is 98.0 Å². The molecular weight excluding hydrogens is 546 g/mol. The Bertz CT molecular complexity index is 1880. The van der Waals surface area contributed by atoms with Gasteiger partial charge in [0.15, 0.2) is 0 Å². The van der Waals surface area contributed by atoms with Gasteiger partial charge in [-0.15, -0.1) is 11.3 Å². The van der Waals surface area contributed by atoms with Gasteiger partial charge in [0, 0.05) is 82.0 Å². The van der Waals surface area contributed by atoms with Crippen LogP contribution in [0.2, 0.25) is 0 Å². The molecule has 0 unspecified atom stereocenters. The number of H-pyrrole nitrogens is 4. The standard InChI is InChI=1S/C29H22N6OS.Zn/c1-17(36)35-24-15-22-8-6-20(33-22)13-18-4-5-19(32-18)14-21-7-9-23(34-21)16-25(35)28(29-30-10-11-31-29)27(24)26-3-2-12-37-26;/h2-16,32-34H,1H3,(H,30,31);. The Morgan fingerprint density at radius 2 is 1.39 bits per heavy atom. The van der Waals surface area contributed by atoms with Crippen LogP contribution in [0.3, 0.4) is 0 Å². The minimum Gasteiger partial charge on any atom is -0.355 e. The van der Waals surface area contributed by atoms with Gasteiger partial charge in [-0.3, -0.25) is 9.36 Å². The van der Waals surface area contributed by atoms with Crippen molar-refractivity contribution in [1.82, 2.24) is 29.5 Å². The molecule has 7 rings (SSSR count). The quantitative estimate of drug-likeness (QED) is 0.242. The number of nitrogens with one attached hydrogen (secondary N) is 4. The first kappa shape index (κ1) is 24.2. The predicted molar refractivity (Wildman–Crippen MR) is 147 cm³/mol. The van der Waals surface area contributed by atoms with Crippen molar-refractivity contribution in [3.8, 4) is 21.8 Å². The van der Waals surface area contributed by atoms with Crippen LogP contribution in [-0.2, 0) is 19.5 Å². The Labute approximate surface area is 233 Å². The number of aromatic amines is 4. The van der Waals surface area contributed by atoms with Crippen LogP contribution < -0.4 is 21.4 Å². The van der Waals surface area contributed by atoms with Crippen molar-refractivity contribution in [3.63, 3.8) is 0 Å². The van der Waals surface area contributed by atoms with Crippen LogP contribution in [0.1, 0.15) is 34.5 Å². The second kappa shape index (κ2) is 9.60. The molecule has 0 aliphatic carbocycles. The number of thiophene rings is 1. The molecule has 6 aromatic rings. The van der Waals surface area contributed by atoms with E-state index in [1.807, 2.05) is 47.9 Å². The fourth-order valence-electron chi connectivity index (χ4n) is 4.96. The van der Waals surface area contributed by atoms with Crippen LogP contribution in [0.15, 0.2) is 66.3 Å². The molecule has 38 heavy (non-hydrogen) atoms. The summed E-state index contributed by atoms with van der Waals surface area (Å²) in [4.78, 5) is 32.6. The number of imidazole rings is 1. The van der Waals surface area contributed by atoms with Crippen molar-refractivity contribution in [1.29, 1.82) is 0 Å². The molecule has 182 valence electrons. The number of carbonyl (C=O) groups excluding carboxylic acids is 1. The van der Waals surface area contributed by atoms with Crippen molar-refractivity contribution < 1.29 is 24.3 Å².